The topological polar surface area (TPSA) is 98.8 Å². The fraction of sp³-hybridized carbons (Fsp3) is 0.200. The maximum absolute atomic E-state index is 12.4. The van der Waals surface area contributed by atoms with E-state index in [1.54, 1.807) is 13.0 Å². The van der Waals surface area contributed by atoms with Crippen LogP contribution in [0.15, 0.2) is 24.5 Å². The number of imidazole rings is 1. The van der Waals surface area contributed by atoms with Gasteiger partial charge in [0, 0.05) is 17.8 Å². The summed E-state index contributed by atoms with van der Waals surface area (Å²) in [6, 6.07) is 2.85. The number of ether oxygens (including phenoxy) is 2. The average Bonchev–Trinajstić information content (AvgIpc) is 2.98. The molecule has 136 valence electrons. The average molecular weight is 385 g/mol. The van der Waals surface area contributed by atoms with Crippen LogP contribution in [-0.2, 0) is 0 Å². The monoisotopic (exact) mass is 384 g/mol. The maximum Gasteiger partial charge on any atom is 0.356 e. The first-order chi connectivity index (χ1) is 12.3. The lowest BCUT2D eigenvalue weighted by Gasteiger charge is -2.12. The van der Waals surface area contributed by atoms with Crippen molar-refractivity contribution in [1.29, 1.82) is 0 Å². The van der Waals surface area contributed by atoms with E-state index in [1.807, 2.05) is 0 Å². The molecule has 3 aromatic rings. The molecule has 0 atom stereocenters. The number of carboxylic acids is 1. The van der Waals surface area contributed by atoms with Crippen LogP contribution in [0.1, 0.15) is 16.1 Å². The van der Waals surface area contributed by atoms with Gasteiger partial charge in [-0.25, -0.2) is 28.1 Å². The summed E-state index contributed by atoms with van der Waals surface area (Å²) in [6.45, 7) is 0.806. The zero-order valence-corrected chi connectivity index (χ0v) is 13.9. The summed E-state index contributed by atoms with van der Waals surface area (Å²) in [5, 5.41) is 13.3. The number of hydrogen-bond donors (Lipinski definition) is 1. The van der Waals surface area contributed by atoms with Crippen molar-refractivity contribution in [3.63, 3.8) is 0 Å². The van der Waals surface area contributed by atoms with Crippen LogP contribution in [0.2, 0.25) is 5.02 Å². The Bertz CT molecular complexity index is 980. The Kier molecular flexibility index (Phi) is 4.85. The summed E-state index contributed by atoms with van der Waals surface area (Å²) < 4.78 is 36.5. The molecule has 0 saturated heterocycles. The molecule has 0 unspecified atom stereocenters. The minimum atomic E-state index is -2.68. The minimum Gasteiger partial charge on any atom is -0.482 e. The summed E-state index contributed by atoms with van der Waals surface area (Å²) in [6.07, 6.45) is -0.203. The number of nitrogens with zero attached hydrogens (tertiary/aromatic N) is 4. The third kappa shape index (κ3) is 3.80. The van der Waals surface area contributed by atoms with Gasteiger partial charge >= 0.3 is 5.97 Å². The van der Waals surface area contributed by atoms with E-state index in [1.165, 1.54) is 23.0 Å². The molecule has 0 aliphatic rings. The van der Waals surface area contributed by atoms with Gasteiger partial charge in [0.1, 0.15) is 6.61 Å². The van der Waals surface area contributed by atoms with Crippen molar-refractivity contribution >= 4 is 23.2 Å². The van der Waals surface area contributed by atoms with E-state index in [2.05, 4.69) is 15.1 Å². The number of halogens is 3. The SMILES string of the molecule is Cc1cc2nc(C(=O)O)cn2nc1Oc1ncc(Cl)cc1OCC(F)F. The molecule has 11 heteroatoms. The fourth-order valence-corrected chi connectivity index (χ4v) is 2.18. The van der Waals surface area contributed by atoms with Crippen molar-refractivity contribution in [3.8, 4) is 17.5 Å². The molecule has 0 bridgehead atoms. The zero-order chi connectivity index (χ0) is 18.8. The summed E-state index contributed by atoms with van der Waals surface area (Å²) in [4.78, 5) is 18.8. The first kappa shape index (κ1) is 17.8. The van der Waals surface area contributed by atoms with Gasteiger partial charge in [-0.3, -0.25) is 0 Å². The molecule has 0 fully saturated rings. The van der Waals surface area contributed by atoms with E-state index in [0.29, 0.717) is 11.2 Å². The number of fused-ring (bicyclic) bond motifs is 1. The molecule has 0 spiro atoms. The first-order valence-corrected chi connectivity index (χ1v) is 7.56. The summed E-state index contributed by atoms with van der Waals surface area (Å²) >= 11 is 5.81. The molecule has 0 aliphatic heterocycles. The van der Waals surface area contributed by atoms with Gasteiger partial charge in [-0.15, -0.1) is 5.10 Å². The van der Waals surface area contributed by atoms with Crippen LogP contribution in [0.5, 0.6) is 17.5 Å². The van der Waals surface area contributed by atoms with Crippen molar-refractivity contribution in [1.82, 2.24) is 19.6 Å². The van der Waals surface area contributed by atoms with E-state index < -0.39 is 19.0 Å². The summed E-state index contributed by atoms with van der Waals surface area (Å²) in [5.41, 5.74) is 0.654. The number of alkyl halides is 2. The molecule has 0 amide bonds. The maximum atomic E-state index is 12.4. The number of carbonyl (C=O) groups is 1. The molecular formula is C15H11ClF2N4O4. The van der Waals surface area contributed by atoms with Gasteiger partial charge in [0.25, 0.3) is 12.3 Å². The molecule has 0 radical (unpaired) electrons. The molecule has 3 aromatic heterocycles. The molecule has 26 heavy (non-hydrogen) atoms. The van der Waals surface area contributed by atoms with Crippen molar-refractivity contribution in [2.24, 2.45) is 0 Å². The predicted molar refractivity (Wildman–Crippen MR) is 85.5 cm³/mol. The third-order valence-corrected chi connectivity index (χ3v) is 3.36. The largest absolute Gasteiger partial charge is 0.482 e. The van der Waals surface area contributed by atoms with Crippen LogP contribution in [0, 0.1) is 6.92 Å². The number of hydrogen-bond acceptors (Lipinski definition) is 6. The Morgan fingerprint density at radius 1 is 1.38 bits per heavy atom. The summed E-state index contributed by atoms with van der Waals surface area (Å²) in [5.74, 6) is -1.30. The van der Waals surface area contributed by atoms with Gasteiger partial charge in [0.05, 0.1) is 11.2 Å². The highest BCUT2D eigenvalue weighted by Crippen LogP contribution is 2.32. The van der Waals surface area contributed by atoms with Crippen LogP contribution < -0.4 is 9.47 Å². The zero-order valence-electron chi connectivity index (χ0n) is 13.2. The van der Waals surface area contributed by atoms with Gasteiger partial charge in [-0.05, 0) is 13.0 Å². The quantitative estimate of drug-likeness (QED) is 0.696. The molecule has 0 aliphatic carbocycles. The van der Waals surface area contributed by atoms with E-state index in [-0.39, 0.29) is 28.2 Å². The van der Waals surface area contributed by atoms with E-state index in [9.17, 15) is 13.6 Å². The van der Waals surface area contributed by atoms with Crippen LogP contribution in [0.4, 0.5) is 8.78 Å². The van der Waals surface area contributed by atoms with E-state index in [4.69, 9.17) is 26.2 Å². The second kappa shape index (κ2) is 7.08. The van der Waals surface area contributed by atoms with Gasteiger partial charge in [0.15, 0.2) is 17.1 Å². The van der Waals surface area contributed by atoms with Crippen molar-refractivity contribution in [2.75, 3.05) is 6.61 Å². The van der Waals surface area contributed by atoms with Crippen LogP contribution >= 0.6 is 11.6 Å². The number of pyridine rings is 1. The number of aromatic nitrogens is 4. The molecule has 3 heterocycles. The molecule has 0 saturated carbocycles. The number of aromatic carboxylic acids is 1. The Hall–Kier alpha value is -3.01. The lowest BCUT2D eigenvalue weighted by molar-refractivity contribution is 0.0691. The normalized spacial score (nSPS) is 11.1. The summed E-state index contributed by atoms with van der Waals surface area (Å²) in [7, 11) is 0. The third-order valence-electron chi connectivity index (χ3n) is 3.16. The highest BCUT2D eigenvalue weighted by Gasteiger charge is 2.16. The molecular weight excluding hydrogens is 374 g/mol. The standard InChI is InChI=1S/C15H11ClF2N4O4/c1-7-2-12-20-9(15(23)24)5-22(12)21-13(7)26-14-10(25-6-11(17)18)3-8(16)4-19-14/h2-5,11H,6H2,1H3,(H,23,24). The van der Waals surface area contributed by atoms with Crippen molar-refractivity contribution in [3.05, 3.63) is 40.8 Å². The molecule has 1 N–H and O–H groups in total. The van der Waals surface area contributed by atoms with Crippen molar-refractivity contribution in [2.45, 2.75) is 13.3 Å². The van der Waals surface area contributed by atoms with Gasteiger partial charge < -0.3 is 14.6 Å². The number of carboxylic acid groups (broad SMARTS) is 1. The number of rotatable bonds is 6. The fourth-order valence-electron chi connectivity index (χ4n) is 2.03. The first-order valence-electron chi connectivity index (χ1n) is 7.18. The lowest BCUT2D eigenvalue weighted by Crippen LogP contribution is -2.08. The second-order valence-corrected chi connectivity index (χ2v) is 5.56. The molecule has 3 rings (SSSR count). The van der Waals surface area contributed by atoms with Gasteiger partial charge in [-0.2, -0.15) is 0 Å². The Morgan fingerprint density at radius 2 is 2.15 bits per heavy atom. The molecule has 0 aromatic carbocycles. The number of aryl methyl sites for hydroxylation is 1. The van der Waals surface area contributed by atoms with Crippen LogP contribution in [0.3, 0.4) is 0 Å². The smallest absolute Gasteiger partial charge is 0.356 e. The van der Waals surface area contributed by atoms with Gasteiger partial charge in [-0.1, -0.05) is 11.6 Å². The predicted octanol–water partition coefficient (Wildman–Crippen LogP) is 3.22. The second-order valence-electron chi connectivity index (χ2n) is 5.13. The Balaban J connectivity index is 1.95. The van der Waals surface area contributed by atoms with Gasteiger partial charge in [0.2, 0.25) is 5.88 Å². The lowest BCUT2D eigenvalue weighted by atomic mass is 10.3. The minimum absolute atomic E-state index is 0.0727. The Labute approximate surface area is 150 Å². The van der Waals surface area contributed by atoms with Crippen LogP contribution in [-0.4, -0.2) is 43.7 Å². The van der Waals surface area contributed by atoms with Crippen LogP contribution in [0.25, 0.3) is 5.65 Å². The van der Waals surface area contributed by atoms with Crippen molar-refractivity contribution < 1.29 is 28.2 Å². The Morgan fingerprint density at radius 3 is 2.85 bits per heavy atom. The van der Waals surface area contributed by atoms with E-state index >= 15 is 0 Å². The molecule has 8 nitrogen and oxygen atoms in total. The highest BCUT2D eigenvalue weighted by molar-refractivity contribution is 6.30. The highest BCUT2D eigenvalue weighted by atomic mass is 35.5. The van der Waals surface area contributed by atoms with E-state index in [0.717, 1.165) is 0 Å².